The number of rotatable bonds is 6. The number of nitrogens with zero attached hydrogens (tertiary/aromatic N) is 4. The molecule has 26 heavy (non-hydrogen) atoms. The highest BCUT2D eigenvalue weighted by Crippen LogP contribution is 2.18. The minimum atomic E-state index is -0.115. The second kappa shape index (κ2) is 7.77. The van der Waals surface area contributed by atoms with E-state index in [0.29, 0.717) is 17.3 Å². The fraction of sp³-hybridized carbons (Fsp3) is 0.263. The Hall–Kier alpha value is -3.22. The summed E-state index contributed by atoms with van der Waals surface area (Å²) < 4.78 is 0. The first kappa shape index (κ1) is 17.6. The molecule has 0 aliphatic rings. The summed E-state index contributed by atoms with van der Waals surface area (Å²) in [7, 11) is 3.75. The van der Waals surface area contributed by atoms with Crippen molar-refractivity contribution in [2.24, 2.45) is 0 Å². The first-order chi connectivity index (χ1) is 12.5. The van der Waals surface area contributed by atoms with Crippen LogP contribution in [-0.4, -0.2) is 46.2 Å². The van der Waals surface area contributed by atoms with Crippen LogP contribution in [0.25, 0.3) is 11.4 Å². The van der Waals surface area contributed by atoms with E-state index in [1.165, 1.54) is 0 Å². The quantitative estimate of drug-likeness (QED) is 0.712. The van der Waals surface area contributed by atoms with Crippen molar-refractivity contribution >= 4 is 11.9 Å². The Labute approximate surface area is 152 Å². The third kappa shape index (κ3) is 4.24. The predicted octanol–water partition coefficient (Wildman–Crippen LogP) is 2.29. The van der Waals surface area contributed by atoms with Crippen molar-refractivity contribution in [3.05, 3.63) is 59.9 Å². The molecule has 0 saturated heterocycles. The zero-order valence-corrected chi connectivity index (χ0v) is 15.1. The van der Waals surface area contributed by atoms with Gasteiger partial charge in [0, 0.05) is 43.7 Å². The maximum absolute atomic E-state index is 12.6. The normalized spacial score (nSPS) is 11.8. The standard InChI is InChI=1S/C19H22N6O/c1-13(10-14-6-5-9-20-12-14)21-18(26)16-8-4-7-15(11-16)17-22-19(24-23-17)25(2)3/h4-9,11-13H,10H2,1-3H3,(H,21,26)(H,22,23,24)/t13-/m1/s1. The van der Waals surface area contributed by atoms with Crippen molar-refractivity contribution in [3.63, 3.8) is 0 Å². The van der Waals surface area contributed by atoms with Crippen molar-refractivity contribution < 1.29 is 4.79 Å². The molecule has 0 aliphatic heterocycles. The molecule has 2 aromatic heterocycles. The van der Waals surface area contributed by atoms with Crippen LogP contribution in [0.3, 0.4) is 0 Å². The topological polar surface area (TPSA) is 86.8 Å². The van der Waals surface area contributed by atoms with Crippen LogP contribution in [0.15, 0.2) is 48.8 Å². The summed E-state index contributed by atoms with van der Waals surface area (Å²) in [5.41, 5.74) is 2.49. The summed E-state index contributed by atoms with van der Waals surface area (Å²) in [6, 6.07) is 11.2. The minimum Gasteiger partial charge on any atom is -0.349 e. The summed E-state index contributed by atoms with van der Waals surface area (Å²) in [4.78, 5) is 22.9. The largest absolute Gasteiger partial charge is 0.349 e. The van der Waals surface area contributed by atoms with E-state index in [9.17, 15) is 4.79 Å². The van der Waals surface area contributed by atoms with Gasteiger partial charge in [0.25, 0.3) is 5.91 Å². The van der Waals surface area contributed by atoms with Crippen molar-refractivity contribution in [3.8, 4) is 11.4 Å². The van der Waals surface area contributed by atoms with Gasteiger partial charge in [-0.25, -0.2) is 0 Å². The number of hydrogen-bond acceptors (Lipinski definition) is 5. The molecule has 2 heterocycles. The van der Waals surface area contributed by atoms with Gasteiger partial charge in [-0.15, -0.1) is 5.10 Å². The zero-order chi connectivity index (χ0) is 18.5. The van der Waals surface area contributed by atoms with Gasteiger partial charge in [-0.3, -0.25) is 14.9 Å². The lowest BCUT2D eigenvalue weighted by molar-refractivity contribution is 0.0940. The Morgan fingerprint density at radius 3 is 2.81 bits per heavy atom. The molecular weight excluding hydrogens is 328 g/mol. The minimum absolute atomic E-state index is 0.000907. The molecule has 3 aromatic rings. The van der Waals surface area contributed by atoms with E-state index in [2.05, 4.69) is 25.5 Å². The fourth-order valence-corrected chi connectivity index (χ4v) is 2.62. The van der Waals surface area contributed by atoms with E-state index in [-0.39, 0.29) is 11.9 Å². The molecule has 3 rings (SSSR count). The molecule has 0 spiro atoms. The number of carbonyl (C=O) groups excluding carboxylic acids is 1. The Kier molecular flexibility index (Phi) is 5.26. The smallest absolute Gasteiger partial charge is 0.251 e. The number of hydrogen-bond donors (Lipinski definition) is 2. The van der Waals surface area contributed by atoms with Crippen LogP contribution in [0.2, 0.25) is 0 Å². The summed E-state index contributed by atoms with van der Waals surface area (Å²) in [5.74, 6) is 1.11. The van der Waals surface area contributed by atoms with Crippen LogP contribution in [-0.2, 0) is 6.42 Å². The molecule has 0 radical (unpaired) electrons. The zero-order valence-electron chi connectivity index (χ0n) is 15.1. The number of aromatic amines is 1. The van der Waals surface area contributed by atoms with Crippen molar-refractivity contribution in [1.29, 1.82) is 0 Å². The van der Waals surface area contributed by atoms with Crippen molar-refractivity contribution in [1.82, 2.24) is 25.5 Å². The molecule has 1 atom stereocenters. The molecule has 0 saturated carbocycles. The van der Waals surface area contributed by atoms with Crippen LogP contribution >= 0.6 is 0 Å². The summed E-state index contributed by atoms with van der Waals surface area (Å²) in [6.07, 6.45) is 4.28. The van der Waals surface area contributed by atoms with Gasteiger partial charge in [0.2, 0.25) is 5.95 Å². The first-order valence-electron chi connectivity index (χ1n) is 8.43. The van der Waals surface area contributed by atoms with E-state index in [1.54, 1.807) is 12.3 Å². The molecule has 1 amide bonds. The van der Waals surface area contributed by atoms with Gasteiger partial charge in [-0.05, 0) is 37.1 Å². The Morgan fingerprint density at radius 1 is 1.27 bits per heavy atom. The number of amides is 1. The summed E-state index contributed by atoms with van der Waals surface area (Å²) in [6.45, 7) is 1.98. The van der Waals surface area contributed by atoms with Crippen molar-refractivity contribution in [2.45, 2.75) is 19.4 Å². The third-order valence-corrected chi connectivity index (χ3v) is 3.91. The number of pyridine rings is 1. The Balaban J connectivity index is 1.69. The van der Waals surface area contributed by atoms with E-state index >= 15 is 0 Å². The number of aromatic nitrogens is 4. The molecule has 7 nitrogen and oxygen atoms in total. The van der Waals surface area contributed by atoms with Gasteiger partial charge in [0.15, 0.2) is 5.82 Å². The Bertz CT molecular complexity index is 875. The molecule has 0 unspecified atom stereocenters. The lowest BCUT2D eigenvalue weighted by Crippen LogP contribution is -2.34. The van der Waals surface area contributed by atoms with E-state index < -0.39 is 0 Å². The molecule has 0 aliphatic carbocycles. The highest BCUT2D eigenvalue weighted by atomic mass is 16.1. The molecule has 7 heteroatoms. The fourth-order valence-electron chi connectivity index (χ4n) is 2.62. The van der Waals surface area contributed by atoms with Gasteiger partial charge < -0.3 is 10.2 Å². The van der Waals surface area contributed by atoms with E-state index in [4.69, 9.17) is 0 Å². The summed E-state index contributed by atoms with van der Waals surface area (Å²) >= 11 is 0. The maximum Gasteiger partial charge on any atom is 0.251 e. The van der Waals surface area contributed by atoms with Gasteiger partial charge >= 0.3 is 0 Å². The average molecular weight is 350 g/mol. The highest BCUT2D eigenvalue weighted by Gasteiger charge is 2.13. The predicted molar refractivity (Wildman–Crippen MR) is 101 cm³/mol. The number of anilines is 1. The SMILES string of the molecule is C[C@H](Cc1cccnc1)NC(=O)c1cccc(-c2nc(N(C)C)n[nH]2)c1. The average Bonchev–Trinajstić information content (AvgIpc) is 3.13. The van der Waals surface area contributed by atoms with Crippen molar-refractivity contribution in [2.75, 3.05) is 19.0 Å². The first-order valence-corrected chi connectivity index (χ1v) is 8.43. The van der Waals surface area contributed by atoms with Gasteiger partial charge in [-0.2, -0.15) is 4.98 Å². The lowest BCUT2D eigenvalue weighted by atomic mass is 10.1. The molecular formula is C19H22N6O. The van der Waals surface area contributed by atoms with Gasteiger partial charge in [0.1, 0.15) is 0 Å². The Morgan fingerprint density at radius 2 is 2.12 bits per heavy atom. The van der Waals surface area contributed by atoms with Crippen LogP contribution in [0.5, 0.6) is 0 Å². The second-order valence-electron chi connectivity index (χ2n) is 6.40. The number of nitrogens with one attached hydrogen (secondary N) is 2. The molecule has 0 bridgehead atoms. The van der Waals surface area contributed by atoms with E-state index in [1.807, 2.05) is 62.4 Å². The highest BCUT2D eigenvalue weighted by molar-refractivity contribution is 5.95. The number of benzene rings is 1. The monoisotopic (exact) mass is 350 g/mol. The maximum atomic E-state index is 12.6. The van der Waals surface area contributed by atoms with Crippen LogP contribution in [0.1, 0.15) is 22.8 Å². The van der Waals surface area contributed by atoms with Crippen LogP contribution < -0.4 is 10.2 Å². The van der Waals surface area contributed by atoms with E-state index in [0.717, 1.165) is 17.5 Å². The van der Waals surface area contributed by atoms with Crippen LogP contribution in [0, 0.1) is 0 Å². The van der Waals surface area contributed by atoms with Crippen LogP contribution in [0.4, 0.5) is 5.95 Å². The molecule has 2 N–H and O–H groups in total. The molecule has 134 valence electrons. The number of H-pyrrole nitrogens is 1. The molecule has 0 fully saturated rings. The lowest BCUT2D eigenvalue weighted by Gasteiger charge is -2.14. The summed E-state index contributed by atoms with van der Waals surface area (Å²) in [5, 5.41) is 10.1. The third-order valence-electron chi connectivity index (χ3n) is 3.91. The van der Waals surface area contributed by atoms with Gasteiger partial charge in [0.05, 0.1) is 0 Å². The van der Waals surface area contributed by atoms with Gasteiger partial charge in [-0.1, -0.05) is 18.2 Å². The second-order valence-corrected chi connectivity index (χ2v) is 6.40. The number of carbonyl (C=O) groups is 1. The molecule has 1 aromatic carbocycles.